The van der Waals surface area contributed by atoms with Crippen molar-refractivity contribution in [2.45, 2.75) is 32.1 Å². The number of hydrogen-bond acceptors (Lipinski definition) is 2. The smallest absolute Gasteiger partial charge is 0.187 e. The van der Waals surface area contributed by atoms with E-state index in [0.717, 1.165) is 49.9 Å². The van der Waals surface area contributed by atoms with Gasteiger partial charge in [0.1, 0.15) is 0 Å². The topological polar surface area (TPSA) is 26.3 Å². The van der Waals surface area contributed by atoms with Crippen LogP contribution in [0.2, 0.25) is 0 Å². The molecule has 13 heavy (non-hydrogen) atoms. The standard InChI is InChI=1S/C11H14O2/c12-11(9-4-1-2-5-9)10-6-3-7-13-8-10/h4,8H,1-3,5-7H2. The van der Waals surface area contributed by atoms with E-state index in [-0.39, 0.29) is 5.78 Å². The lowest BCUT2D eigenvalue weighted by Gasteiger charge is -2.12. The van der Waals surface area contributed by atoms with Gasteiger partial charge in [-0.25, -0.2) is 0 Å². The van der Waals surface area contributed by atoms with Crippen molar-refractivity contribution in [3.63, 3.8) is 0 Å². The van der Waals surface area contributed by atoms with Crippen LogP contribution in [-0.4, -0.2) is 12.4 Å². The maximum absolute atomic E-state index is 11.8. The molecular weight excluding hydrogens is 164 g/mol. The summed E-state index contributed by atoms with van der Waals surface area (Å²) < 4.78 is 5.15. The van der Waals surface area contributed by atoms with Crippen molar-refractivity contribution in [2.75, 3.05) is 6.61 Å². The van der Waals surface area contributed by atoms with Gasteiger partial charge in [-0.15, -0.1) is 0 Å². The molecule has 0 unspecified atom stereocenters. The van der Waals surface area contributed by atoms with E-state index in [1.165, 1.54) is 0 Å². The summed E-state index contributed by atoms with van der Waals surface area (Å²) in [7, 11) is 0. The van der Waals surface area contributed by atoms with Crippen LogP contribution in [0.1, 0.15) is 32.1 Å². The molecule has 0 amide bonds. The van der Waals surface area contributed by atoms with E-state index in [4.69, 9.17) is 4.74 Å². The van der Waals surface area contributed by atoms with Crippen LogP contribution in [0.5, 0.6) is 0 Å². The van der Waals surface area contributed by atoms with E-state index in [1.54, 1.807) is 6.26 Å². The highest BCUT2D eigenvalue weighted by atomic mass is 16.5. The number of carbonyl (C=O) groups excluding carboxylic acids is 1. The van der Waals surface area contributed by atoms with E-state index in [2.05, 4.69) is 6.08 Å². The lowest BCUT2D eigenvalue weighted by Crippen LogP contribution is -2.10. The summed E-state index contributed by atoms with van der Waals surface area (Å²) in [5, 5.41) is 0. The lowest BCUT2D eigenvalue weighted by atomic mass is 9.99. The van der Waals surface area contributed by atoms with E-state index in [1.807, 2.05) is 0 Å². The van der Waals surface area contributed by atoms with Crippen molar-refractivity contribution in [1.29, 1.82) is 0 Å². The lowest BCUT2D eigenvalue weighted by molar-refractivity contribution is -0.112. The fourth-order valence-corrected chi connectivity index (χ4v) is 1.81. The third kappa shape index (κ3) is 1.82. The van der Waals surface area contributed by atoms with Gasteiger partial charge in [0.05, 0.1) is 12.9 Å². The van der Waals surface area contributed by atoms with Gasteiger partial charge in [-0.3, -0.25) is 4.79 Å². The molecule has 0 atom stereocenters. The van der Waals surface area contributed by atoms with Crippen LogP contribution < -0.4 is 0 Å². The number of carbonyl (C=O) groups is 1. The summed E-state index contributed by atoms with van der Waals surface area (Å²) in [6, 6.07) is 0. The first-order valence-electron chi connectivity index (χ1n) is 4.92. The quantitative estimate of drug-likeness (QED) is 0.648. The molecule has 1 aliphatic heterocycles. The van der Waals surface area contributed by atoms with Crippen LogP contribution in [0.15, 0.2) is 23.5 Å². The van der Waals surface area contributed by atoms with Crippen LogP contribution in [0.25, 0.3) is 0 Å². The van der Waals surface area contributed by atoms with Crippen LogP contribution in [0, 0.1) is 0 Å². The second-order valence-electron chi connectivity index (χ2n) is 3.57. The highest BCUT2D eigenvalue weighted by Gasteiger charge is 2.19. The molecule has 0 bridgehead atoms. The van der Waals surface area contributed by atoms with Crippen molar-refractivity contribution >= 4 is 5.78 Å². The molecule has 0 N–H and O–H groups in total. The highest BCUT2D eigenvalue weighted by Crippen LogP contribution is 2.24. The third-order valence-electron chi connectivity index (χ3n) is 2.56. The normalized spacial score (nSPS) is 21.8. The molecule has 0 saturated heterocycles. The zero-order chi connectivity index (χ0) is 9.10. The van der Waals surface area contributed by atoms with Gasteiger partial charge in [0, 0.05) is 5.57 Å². The molecule has 0 spiro atoms. The van der Waals surface area contributed by atoms with Crippen LogP contribution in [0.3, 0.4) is 0 Å². The maximum atomic E-state index is 11.8. The van der Waals surface area contributed by atoms with Gasteiger partial charge < -0.3 is 4.74 Å². The van der Waals surface area contributed by atoms with Gasteiger partial charge in [-0.1, -0.05) is 6.08 Å². The van der Waals surface area contributed by atoms with Gasteiger partial charge in [0.25, 0.3) is 0 Å². The van der Waals surface area contributed by atoms with E-state index in [9.17, 15) is 4.79 Å². The average molecular weight is 178 g/mol. The fraction of sp³-hybridized carbons (Fsp3) is 0.545. The van der Waals surface area contributed by atoms with Crippen LogP contribution in [-0.2, 0) is 9.53 Å². The first-order chi connectivity index (χ1) is 6.38. The Kier molecular flexibility index (Phi) is 2.48. The Morgan fingerprint density at radius 3 is 2.69 bits per heavy atom. The Morgan fingerprint density at radius 1 is 1.23 bits per heavy atom. The number of ether oxygens (including phenoxy) is 1. The van der Waals surface area contributed by atoms with Crippen molar-refractivity contribution in [2.24, 2.45) is 0 Å². The summed E-state index contributed by atoms with van der Waals surface area (Å²) in [4.78, 5) is 11.8. The van der Waals surface area contributed by atoms with Crippen molar-refractivity contribution in [3.05, 3.63) is 23.5 Å². The summed E-state index contributed by atoms with van der Waals surface area (Å²) >= 11 is 0. The van der Waals surface area contributed by atoms with Crippen molar-refractivity contribution in [1.82, 2.24) is 0 Å². The Labute approximate surface area is 78.3 Å². The number of allylic oxidation sites excluding steroid dienone is 3. The number of ketones is 1. The largest absolute Gasteiger partial charge is 0.501 e. The van der Waals surface area contributed by atoms with Gasteiger partial charge in [-0.05, 0) is 37.7 Å². The molecule has 2 heteroatoms. The minimum Gasteiger partial charge on any atom is -0.501 e. The van der Waals surface area contributed by atoms with E-state index in [0.29, 0.717) is 0 Å². The van der Waals surface area contributed by atoms with Gasteiger partial charge in [0.2, 0.25) is 0 Å². The minimum absolute atomic E-state index is 0.220. The predicted octanol–water partition coefficient (Wildman–Crippen LogP) is 2.36. The predicted molar refractivity (Wildman–Crippen MR) is 50.2 cm³/mol. The van der Waals surface area contributed by atoms with Gasteiger partial charge in [-0.2, -0.15) is 0 Å². The van der Waals surface area contributed by atoms with Crippen molar-refractivity contribution in [3.8, 4) is 0 Å². The Morgan fingerprint density at radius 2 is 2.08 bits per heavy atom. The molecule has 2 rings (SSSR count). The zero-order valence-corrected chi connectivity index (χ0v) is 7.71. The SMILES string of the molecule is O=C(C1=CCCC1)C1=COCCC1. The number of hydrogen-bond donors (Lipinski definition) is 0. The summed E-state index contributed by atoms with van der Waals surface area (Å²) in [6.45, 7) is 0.760. The molecule has 2 nitrogen and oxygen atoms in total. The number of rotatable bonds is 2. The Hall–Kier alpha value is -1.05. The second-order valence-corrected chi connectivity index (χ2v) is 3.57. The molecule has 70 valence electrons. The van der Waals surface area contributed by atoms with E-state index >= 15 is 0 Å². The minimum atomic E-state index is 0.220. The Bertz CT molecular complexity index is 274. The maximum Gasteiger partial charge on any atom is 0.187 e. The molecule has 0 saturated carbocycles. The molecule has 0 aromatic heterocycles. The van der Waals surface area contributed by atoms with Gasteiger partial charge in [0.15, 0.2) is 5.78 Å². The molecule has 1 aliphatic carbocycles. The average Bonchev–Trinajstić information content (AvgIpc) is 2.71. The van der Waals surface area contributed by atoms with Crippen LogP contribution >= 0.6 is 0 Å². The van der Waals surface area contributed by atoms with Crippen molar-refractivity contribution < 1.29 is 9.53 Å². The molecule has 0 fully saturated rings. The molecule has 1 heterocycles. The highest BCUT2D eigenvalue weighted by molar-refractivity contribution is 6.08. The Balaban J connectivity index is 2.07. The molecule has 2 aliphatic rings. The summed E-state index contributed by atoms with van der Waals surface area (Å²) in [5.74, 6) is 0.220. The van der Waals surface area contributed by atoms with E-state index < -0.39 is 0 Å². The first kappa shape index (κ1) is 8.54. The first-order valence-corrected chi connectivity index (χ1v) is 4.92. The molecule has 0 aromatic carbocycles. The van der Waals surface area contributed by atoms with Crippen LogP contribution in [0.4, 0.5) is 0 Å². The second kappa shape index (κ2) is 3.77. The third-order valence-corrected chi connectivity index (χ3v) is 2.56. The summed E-state index contributed by atoms with van der Waals surface area (Å²) in [5.41, 5.74) is 1.86. The summed E-state index contributed by atoms with van der Waals surface area (Å²) in [6.07, 6.45) is 8.73. The molecular formula is C11H14O2. The molecule has 0 radical (unpaired) electrons. The van der Waals surface area contributed by atoms with Gasteiger partial charge >= 0.3 is 0 Å². The monoisotopic (exact) mass is 178 g/mol. The number of Topliss-reactive ketones (excluding diaryl/α,β-unsaturated/α-hetero) is 1. The molecule has 0 aromatic rings. The zero-order valence-electron chi connectivity index (χ0n) is 7.71. The fourth-order valence-electron chi connectivity index (χ4n) is 1.81.